The maximum Gasteiger partial charge on any atom is 0.0779 e. The first-order valence-electron chi connectivity index (χ1n) is 5.01. The second-order valence-corrected chi connectivity index (χ2v) is 3.69. The van der Waals surface area contributed by atoms with E-state index in [9.17, 15) is 0 Å². The minimum Gasteiger partial charge on any atom is -0.315 e. The van der Waals surface area contributed by atoms with E-state index in [0.29, 0.717) is 0 Å². The molecule has 0 atom stereocenters. The minimum atomic E-state index is -0.289. The van der Waals surface area contributed by atoms with Crippen molar-refractivity contribution in [3.05, 3.63) is 12.2 Å². The van der Waals surface area contributed by atoms with Gasteiger partial charge in [0, 0.05) is 0 Å². The van der Waals surface area contributed by atoms with E-state index < -0.39 is 0 Å². The van der Waals surface area contributed by atoms with E-state index in [1.54, 1.807) is 0 Å². The molecule has 13 heavy (non-hydrogen) atoms. The summed E-state index contributed by atoms with van der Waals surface area (Å²) in [5.41, 5.74) is 6.75. The lowest BCUT2D eigenvalue weighted by atomic mass is 9.90. The number of nitrogens with two attached hydrogens (primary N) is 1. The first-order valence-corrected chi connectivity index (χ1v) is 5.01. The number of hydrogen-bond donors (Lipinski definition) is 1. The fourth-order valence-corrected chi connectivity index (χ4v) is 1.37. The average molecular weight is 179 g/mol. The third kappa shape index (κ3) is 5.49. The van der Waals surface area contributed by atoms with Gasteiger partial charge in [0.15, 0.2) is 0 Å². The molecule has 0 heterocycles. The Morgan fingerprint density at radius 2 is 1.77 bits per heavy atom. The van der Waals surface area contributed by atoms with Gasteiger partial charge in [-0.2, -0.15) is 0 Å². The topological polar surface area (TPSA) is 26.0 Å². The maximum atomic E-state index is 6.15. The monoisotopic (exact) mass is 179 g/mol. The molecule has 0 fully saturated rings. The van der Waals surface area contributed by atoms with Crippen LogP contribution in [0.1, 0.15) is 46.5 Å². The van der Waals surface area contributed by atoms with Crippen molar-refractivity contribution in [1.82, 2.24) is 0 Å². The van der Waals surface area contributed by atoms with Gasteiger partial charge in [-0.25, -0.2) is 0 Å². The van der Waals surface area contributed by atoms with Crippen LogP contribution in [0.15, 0.2) is 12.2 Å². The van der Waals surface area contributed by atoms with Crippen molar-refractivity contribution in [1.29, 1.82) is 0 Å². The van der Waals surface area contributed by atoms with E-state index in [-0.39, 0.29) is 5.54 Å². The Kier molecular flexibility index (Phi) is 5.50. The molecule has 0 aromatic carbocycles. The smallest absolute Gasteiger partial charge is 0.0779 e. The second-order valence-electron chi connectivity index (χ2n) is 3.69. The Bertz CT molecular complexity index is 211. The summed E-state index contributed by atoms with van der Waals surface area (Å²) in [6, 6.07) is 0. The highest BCUT2D eigenvalue weighted by atomic mass is 14.7. The third-order valence-electron chi connectivity index (χ3n) is 1.92. The van der Waals surface area contributed by atoms with Gasteiger partial charge in [-0.1, -0.05) is 45.1 Å². The fourth-order valence-electron chi connectivity index (χ4n) is 1.37. The van der Waals surface area contributed by atoms with Gasteiger partial charge in [0.1, 0.15) is 0 Å². The zero-order valence-corrected chi connectivity index (χ0v) is 9.11. The van der Waals surface area contributed by atoms with Crippen LogP contribution in [0.2, 0.25) is 0 Å². The molecule has 0 saturated carbocycles. The Morgan fingerprint density at radius 3 is 2.08 bits per heavy atom. The second kappa shape index (κ2) is 5.83. The van der Waals surface area contributed by atoms with Gasteiger partial charge in [-0.05, 0) is 25.3 Å². The Labute approximate surface area is 82.4 Å². The lowest BCUT2D eigenvalue weighted by Gasteiger charge is -2.22. The van der Waals surface area contributed by atoms with Crippen molar-refractivity contribution in [3.63, 3.8) is 0 Å². The Hall–Kier alpha value is -0.740. The summed E-state index contributed by atoms with van der Waals surface area (Å²) in [6.45, 7) is 9.93. The normalized spacial score (nSPS) is 10.5. The lowest BCUT2D eigenvalue weighted by molar-refractivity contribution is 0.456. The van der Waals surface area contributed by atoms with Crippen molar-refractivity contribution in [2.75, 3.05) is 0 Å². The van der Waals surface area contributed by atoms with Crippen molar-refractivity contribution < 1.29 is 0 Å². The first kappa shape index (κ1) is 12.3. The Balaban J connectivity index is 4.42. The van der Waals surface area contributed by atoms with Gasteiger partial charge >= 0.3 is 0 Å². The maximum absolute atomic E-state index is 6.15. The summed E-state index contributed by atoms with van der Waals surface area (Å²) in [5.74, 6) is 6.11. The minimum absolute atomic E-state index is 0.289. The highest BCUT2D eigenvalue weighted by molar-refractivity contribution is 5.28. The van der Waals surface area contributed by atoms with E-state index in [2.05, 4.69) is 32.3 Å². The standard InChI is InChI=1S/C12H21N/c1-5-8-12(13,9-6-2)10-7-11(3)4/h3,5-6,8-9,13H2,1-2,4H3. The molecule has 74 valence electrons. The molecular weight excluding hydrogens is 158 g/mol. The van der Waals surface area contributed by atoms with Gasteiger partial charge in [-0.3, -0.25) is 0 Å². The van der Waals surface area contributed by atoms with Crippen molar-refractivity contribution in [2.45, 2.75) is 52.0 Å². The molecule has 0 aromatic rings. The van der Waals surface area contributed by atoms with Crippen molar-refractivity contribution >= 4 is 0 Å². The summed E-state index contributed by atoms with van der Waals surface area (Å²) in [6.07, 6.45) is 4.12. The third-order valence-corrected chi connectivity index (χ3v) is 1.92. The molecule has 0 aliphatic heterocycles. The molecule has 0 radical (unpaired) electrons. The molecule has 0 unspecified atom stereocenters. The molecule has 0 spiro atoms. The predicted molar refractivity (Wildman–Crippen MR) is 59.3 cm³/mol. The van der Waals surface area contributed by atoms with Crippen LogP contribution in [0.4, 0.5) is 0 Å². The summed E-state index contributed by atoms with van der Waals surface area (Å²) < 4.78 is 0. The molecule has 1 nitrogen and oxygen atoms in total. The van der Waals surface area contributed by atoms with Gasteiger partial charge in [0.05, 0.1) is 5.54 Å². The summed E-state index contributed by atoms with van der Waals surface area (Å²) in [7, 11) is 0. The average Bonchev–Trinajstić information content (AvgIpc) is 2.02. The molecule has 0 aromatic heterocycles. The number of rotatable bonds is 4. The van der Waals surface area contributed by atoms with E-state index in [0.717, 1.165) is 31.3 Å². The molecular formula is C12H21N. The van der Waals surface area contributed by atoms with Crippen LogP contribution in [0.25, 0.3) is 0 Å². The summed E-state index contributed by atoms with van der Waals surface area (Å²) in [4.78, 5) is 0. The number of hydrogen-bond acceptors (Lipinski definition) is 1. The lowest BCUT2D eigenvalue weighted by Crippen LogP contribution is -2.37. The quantitative estimate of drug-likeness (QED) is 0.660. The van der Waals surface area contributed by atoms with Crippen LogP contribution < -0.4 is 5.73 Å². The molecule has 0 saturated heterocycles. The molecule has 2 N–H and O–H groups in total. The fraction of sp³-hybridized carbons (Fsp3) is 0.667. The van der Waals surface area contributed by atoms with Crippen molar-refractivity contribution in [3.8, 4) is 11.8 Å². The SMILES string of the molecule is C=C(C)C#CC(N)(CCC)CCC. The zero-order valence-electron chi connectivity index (χ0n) is 9.11. The van der Waals surface area contributed by atoms with E-state index in [1.807, 2.05) is 6.92 Å². The van der Waals surface area contributed by atoms with Crippen LogP contribution in [0, 0.1) is 11.8 Å². The Morgan fingerprint density at radius 1 is 1.31 bits per heavy atom. The van der Waals surface area contributed by atoms with E-state index in [1.165, 1.54) is 0 Å². The van der Waals surface area contributed by atoms with Gasteiger partial charge in [0.25, 0.3) is 0 Å². The van der Waals surface area contributed by atoms with Crippen LogP contribution in [0.3, 0.4) is 0 Å². The van der Waals surface area contributed by atoms with E-state index in [4.69, 9.17) is 5.73 Å². The largest absolute Gasteiger partial charge is 0.315 e. The molecule has 0 amide bonds. The van der Waals surface area contributed by atoms with Crippen LogP contribution in [0.5, 0.6) is 0 Å². The first-order chi connectivity index (χ1) is 6.04. The van der Waals surface area contributed by atoms with Crippen LogP contribution in [-0.2, 0) is 0 Å². The van der Waals surface area contributed by atoms with Crippen molar-refractivity contribution in [2.24, 2.45) is 5.73 Å². The van der Waals surface area contributed by atoms with E-state index >= 15 is 0 Å². The summed E-state index contributed by atoms with van der Waals surface area (Å²) >= 11 is 0. The van der Waals surface area contributed by atoms with Crippen LogP contribution in [-0.4, -0.2) is 5.54 Å². The zero-order chi connectivity index (χ0) is 10.3. The predicted octanol–water partition coefficient (Wildman–Crippen LogP) is 2.86. The molecule has 1 heteroatoms. The molecule has 0 aliphatic carbocycles. The van der Waals surface area contributed by atoms with Gasteiger partial charge in [0.2, 0.25) is 0 Å². The molecule has 0 rings (SSSR count). The van der Waals surface area contributed by atoms with Gasteiger partial charge < -0.3 is 5.73 Å². The number of allylic oxidation sites excluding steroid dienone is 1. The van der Waals surface area contributed by atoms with Gasteiger partial charge in [-0.15, -0.1) is 0 Å². The van der Waals surface area contributed by atoms with Crippen LogP contribution >= 0.6 is 0 Å². The highest BCUT2D eigenvalue weighted by Gasteiger charge is 2.19. The molecule has 0 aliphatic rings. The summed E-state index contributed by atoms with van der Waals surface area (Å²) in [5, 5.41) is 0. The highest BCUT2D eigenvalue weighted by Crippen LogP contribution is 2.15. The molecule has 0 bridgehead atoms.